The third-order valence-electron chi connectivity index (χ3n) is 3.21. The number of nitrogens with zero attached hydrogens (tertiary/aromatic N) is 1. The van der Waals surface area contributed by atoms with Crippen LogP contribution >= 0.6 is 15.9 Å². The molecule has 3 rings (SSSR count). The number of Topliss-reactive ketones (excluding diaryl/α,β-unsaturated/α-hetero) is 1. The number of ketones is 1. The van der Waals surface area contributed by atoms with E-state index in [1.807, 2.05) is 12.1 Å². The molecule has 0 saturated carbocycles. The molecule has 1 aliphatic rings. The number of fused-ring (bicyclic) bond motifs is 1. The zero-order chi connectivity index (χ0) is 14.1. The number of ether oxygens (including phenoxy) is 2. The Bertz CT molecular complexity index is 655. The average Bonchev–Trinajstić information content (AvgIpc) is 2.47. The molecule has 1 aliphatic heterocycles. The number of halogens is 1. The molecule has 0 fully saturated rings. The Morgan fingerprint density at radius 1 is 1.35 bits per heavy atom. The second-order valence-electron chi connectivity index (χ2n) is 4.50. The van der Waals surface area contributed by atoms with Crippen molar-refractivity contribution in [2.45, 2.75) is 12.5 Å². The van der Waals surface area contributed by atoms with Gasteiger partial charge in [0.1, 0.15) is 17.6 Å². The van der Waals surface area contributed by atoms with E-state index in [4.69, 9.17) is 9.47 Å². The lowest BCUT2D eigenvalue weighted by Crippen LogP contribution is -2.21. The fraction of sp³-hybridized carbons (Fsp3) is 0.200. The van der Waals surface area contributed by atoms with Gasteiger partial charge in [-0.05, 0) is 40.2 Å². The fourth-order valence-electron chi connectivity index (χ4n) is 2.17. The molecule has 0 N–H and O–H groups in total. The van der Waals surface area contributed by atoms with Gasteiger partial charge in [0.2, 0.25) is 0 Å². The maximum absolute atomic E-state index is 12.2. The minimum absolute atomic E-state index is 0.0589. The van der Waals surface area contributed by atoms with Gasteiger partial charge in [-0.1, -0.05) is 0 Å². The summed E-state index contributed by atoms with van der Waals surface area (Å²) in [6.45, 7) is 0. The van der Waals surface area contributed by atoms with Crippen LogP contribution in [0.25, 0.3) is 0 Å². The summed E-state index contributed by atoms with van der Waals surface area (Å²) in [6, 6.07) is 8.97. The average molecular weight is 334 g/mol. The molecule has 0 spiro atoms. The van der Waals surface area contributed by atoms with E-state index in [9.17, 15) is 4.79 Å². The Hall–Kier alpha value is -1.88. The third kappa shape index (κ3) is 2.41. The Balaban J connectivity index is 1.94. The van der Waals surface area contributed by atoms with E-state index in [0.29, 0.717) is 23.5 Å². The van der Waals surface area contributed by atoms with Crippen LogP contribution in [0.5, 0.6) is 11.5 Å². The zero-order valence-electron chi connectivity index (χ0n) is 10.8. The largest absolute Gasteiger partial charge is 0.497 e. The van der Waals surface area contributed by atoms with Gasteiger partial charge in [0, 0.05) is 16.7 Å². The Morgan fingerprint density at radius 2 is 2.20 bits per heavy atom. The lowest BCUT2D eigenvalue weighted by atomic mass is 9.98. The molecular weight excluding hydrogens is 322 g/mol. The SMILES string of the molecule is COc1ccc2c(c1)O[C@@H](c1ccc(Br)cn1)CC2=O. The van der Waals surface area contributed by atoms with Gasteiger partial charge >= 0.3 is 0 Å². The number of hydrogen-bond donors (Lipinski definition) is 0. The highest BCUT2D eigenvalue weighted by Crippen LogP contribution is 2.36. The van der Waals surface area contributed by atoms with Crippen molar-refractivity contribution in [1.29, 1.82) is 0 Å². The number of pyridine rings is 1. The first kappa shape index (κ1) is 13.1. The van der Waals surface area contributed by atoms with Crippen molar-refractivity contribution in [2.75, 3.05) is 7.11 Å². The van der Waals surface area contributed by atoms with E-state index < -0.39 is 0 Å². The van der Waals surface area contributed by atoms with Gasteiger partial charge in [0.25, 0.3) is 0 Å². The van der Waals surface area contributed by atoms with Crippen molar-refractivity contribution < 1.29 is 14.3 Å². The number of methoxy groups -OCH3 is 1. The first-order valence-electron chi connectivity index (χ1n) is 6.16. The van der Waals surface area contributed by atoms with Crippen LogP contribution in [0.15, 0.2) is 41.0 Å². The summed E-state index contributed by atoms with van der Waals surface area (Å²) in [5, 5.41) is 0. The van der Waals surface area contributed by atoms with Crippen LogP contribution in [0.3, 0.4) is 0 Å². The number of benzene rings is 1. The second-order valence-corrected chi connectivity index (χ2v) is 5.41. The highest BCUT2D eigenvalue weighted by atomic mass is 79.9. The van der Waals surface area contributed by atoms with Gasteiger partial charge in [-0.3, -0.25) is 9.78 Å². The number of hydrogen-bond acceptors (Lipinski definition) is 4. The van der Waals surface area contributed by atoms with Gasteiger partial charge in [0.15, 0.2) is 5.78 Å². The van der Waals surface area contributed by atoms with Crippen LogP contribution in [-0.2, 0) is 0 Å². The number of rotatable bonds is 2. The number of aromatic nitrogens is 1. The second kappa shape index (κ2) is 5.25. The molecule has 0 amide bonds. The summed E-state index contributed by atoms with van der Waals surface area (Å²) in [4.78, 5) is 16.5. The molecule has 0 aliphatic carbocycles. The van der Waals surface area contributed by atoms with E-state index in [1.165, 1.54) is 0 Å². The van der Waals surface area contributed by atoms with Crippen molar-refractivity contribution in [1.82, 2.24) is 4.98 Å². The van der Waals surface area contributed by atoms with Gasteiger partial charge < -0.3 is 9.47 Å². The maximum atomic E-state index is 12.2. The molecule has 1 atom stereocenters. The van der Waals surface area contributed by atoms with Gasteiger partial charge in [0.05, 0.1) is 24.8 Å². The zero-order valence-corrected chi connectivity index (χ0v) is 12.4. The molecule has 0 bridgehead atoms. The quantitative estimate of drug-likeness (QED) is 0.843. The smallest absolute Gasteiger partial charge is 0.170 e. The number of carbonyl (C=O) groups is 1. The van der Waals surface area contributed by atoms with Crippen LogP contribution in [0.4, 0.5) is 0 Å². The molecule has 20 heavy (non-hydrogen) atoms. The van der Waals surface area contributed by atoms with Crippen LogP contribution in [-0.4, -0.2) is 17.9 Å². The van der Waals surface area contributed by atoms with Gasteiger partial charge in [-0.2, -0.15) is 0 Å². The maximum Gasteiger partial charge on any atom is 0.170 e. The van der Waals surface area contributed by atoms with E-state index in [2.05, 4.69) is 20.9 Å². The molecule has 102 valence electrons. The minimum atomic E-state index is -0.352. The lowest BCUT2D eigenvalue weighted by Gasteiger charge is -2.25. The molecule has 1 aromatic heterocycles. The minimum Gasteiger partial charge on any atom is -0.497 e. The van der Waals surface area contributed by atoms with E-state index in [0.717, 1.165) is 10.2 Å². The topological polar surface area (TPSA) is 48.4 Å². The standard InChI is InChI=1S/C15H12BrNO3/c1-19-10-3-4-11-13(18)7-15(20-14(11)6-10)12-5-2-9(16)8-17-12/h2-6,8,15H,7H2,1H3/t15-/m1/s1. The first-order chi connectivity index (χ1) is 9.67. The molecule has 1 aromatic carbocycles. The van der Waals surface area contributed by atoms with Crippen molar-refractivity contribution in [2.24, 2.45) is 0 Å². The van der Waals surface area contributed by atoms with Gasteiger partial charge in [-0.25, -0.2) is 0 Å². The van der Waals surface area contributed by atoms with E-state index in [-0.39, 0.29) is 11.9 Å². The third-order valence-corrected chi connectivity index (χ3v) is 3.68. The normalized spacial score (nSPS) is 17.3. The molecule has 5 heteroatoms. The van der Waals surface area contributed by atoms with E-state index >= 15 is 0 Å². The van der Waals surface area contributed by atoms with Crippen molar-refractivity contribution in [3.8, 4) is 11.5 Å². The van der Waals surface area contributed by atoms with Crippen LogP contribution in [0.2, 0.25) is 0 Å². The summed E-state index contributed by atoms with van der Waals surface area (Å²) in [6.07, 6.45) is 1.65. The molecule has 0 saturated heterocycles. The Labute approximate surface area is 124 Å². The van der Waals surface area contributed by atoms with Crippen molar-refractivity contribution >= 4 is 21.7 Å². The van der Waals surface area contributed by atoms with Crippen LogP contribution < -0.4 is 9.47 Å². The van der Waals surface area contributed by atoms with Crippen molar-refractivity contribution in [3.05, 3.63) is 52.3 Å². The summed E-state index contributed by atoms with van der Waals surface area (Å²) in [5.41, 5.74) is 1.34. The predicted molar refractivity (Wildman–Crippen MR) is 77.2 cm³/mol. The van der Waals surface area contributed by atoms with Crippen molar-refractivity contribution in [3.63, 3.8) is 0 Å². The summed E-state index contributed by atoms with van der Waals surface area (Å²) in [5.74, 6) is 1.28. The highest BCUT2D eigenvalue weighted by Gasteiger charge is 2.28. The van der Waals surface area contributed by atoms with Gasteiger partial charge in [-0.15, -0.1) is 0 Å². The molecule has 2 aromatic rings. The number of carbonyl (C=O) groups excluding carboxylic acids is 1. The Morgan fingerprint density at radius 3 is 2.90 bits per heavy atom. The molecule has 4 nitrogen and oxygen atoms in total. The fourth-order valence-corrected chi connectivity index (χ4v) is 2.41. The summed E-state index contributed by atoms with van der Waals surface area (Å²) < 4.78 is 11.9. The first-order valence-corrected chi connectivity index (χ1v) is 6.96. The predicted octanol–water partition coefficient (Wildman–Crippen LogP) is 3.56. The van der Waals surface area contributed by atoms with E-state index in [1.54, 1.807) is 31.5 Å². The molecule has 0 radical (unpaired) electrons. The van der Waals surface area contributed by atoms with Crippen LogP contribution in [0, 0.1) is 0 Å². The highest BCUT2D eigenvalue weighted by molar-refractivity contribution is 9.10. The monoisotopic (exact) mass is 333 g/mol. The molecule has 0 unspecified atom stereocenters. The summed E-state index contributed by atoms with van der Waals surface area (Å²) >= 11 is 3.34. The molecular formula is C15H12BrNO3. The lowest BCUT2D eigenvalue weighted by molar-refractivity contribution is 0.0844. The Kier molecular flexibility index (Phi) is 3.44. The summed E-state index contributed by atoms with van der Waals surface area (Å²) in [7, 11) is 1.58. The van der Waals surface area contributed by atoms with Crippen LogP contribution in [0.1, 0.15) is 28.6 Å². The molecule has 2 heterocycles.